The van der Waals surface area contributed by atoms with Gasteiger partial charge in [-0.15, -0.1) is 0 Å². The number of amides is 1. The van der Waals surface area contributed by atoms with Crippen LogP contribution in [0.1, 0.15) is 47.5 Å². The third-order valence-electron chi connectivity index (χ3n) is 4.32. The first-order chi connectivity index (χ1) is 9.23. The van der Waals surface area contributed by atoms with Crippen molar-refractivity contribution in [3.05, 3.63) is 0 Å². The van der Waals surface area contributed by atoms with Crippen LogP contribution in [0, 0.1) is 11.8 Å². The lowest BCUT2D eigenvalue weighted by molar-refractivity contribution is -0.182. The summed E-state index contributed by atoms with van der Waals surface area (Å²) in [4.78, 5) is 11.8. The zero-order chi connectivity index (χ0) is 15.0. The van der Waals surface area contributed by atoms with Crippen molar-refractivity contribution in [2.75, 3.05) is 13.2 Å². The van der Waals surface area contributed by atoms with Gasteiger partial charge in [0.15, 0.2) is 5.79 Å². The van der Waals surface area contributed by atoms with Gasteiger partial charge in [0.05, 0.1) is 13.2 Å². The molecule has 2 aliphatic rings. The van der Waals surface area contributed by atoms with Crippen molar-refractivity contribution in [3.63, 3.8) is 0 Å². The molecular formula is C15H27NO4. The van der Waals surface area contributed by atoms with Crippen LogP contribution in [0.5, 0.6) is 0 Å². The topological polar surface area (TPSA) is 56.8 Å². The SMILES string of the molecule is CC(NC(=O)OC(C)(C)C)C1CCC2(OCCO2)C1C. The van der Waals surface area contributed by atoms with E-state index in [4.69, 9.17) is 14.2 Å². The van der Waals surface area contributed by atoms with Crippen LogP contribution >= 0.6 is 0 Å². The summed E-state index contributed by atoms with van der Waals surface area (Å²) in [7, 11) is 0. The molecule has 1 saturated heterocycles. The van der Waals surface area contributed by atoms with Crippen LogP contribution in [0.2, 0.25) is 0 Å². The van der Waals surface area contributed by atoms with Gasteiger partial charge >= 0.3 is 6.09 Å². The van der Waals surface area contributed by atoms with Gasteiger partial charge in [0.1, 0.15) is 5.60 Å². The maximum Gasteiger partial charge on any atom is 0.407 e. The fourth-order valence-electron chi connectivity index (χ4n) is 3.33. The van der Waals surface area contributed by atoms with Gasteiger partial charge in [-0.2, -0.15) is 0 Å². The van der Waals surface area contributed by atoms with Gasteiger partial charge in [-0.05, 0) is 40.0 Å². The maximum atomic E-state index is 11.8. The summed E-state index contributed by atoms with van der Waals surface area (Å²) in [5.74, 6) is 0.199. The molecule has 2 fully saturated rings. The average molecular weight is 285 g/mol. The average Bonchev–Trinajstić information content (AvgIpc) is 2.87. The van der Waals surface area contributed by atoms with Gasteiger partial charge in [-0.3, -0.25) is 0 Å². The Labute approximate surface area is 121 Å². The lowest BCUT2D eigenvalue weighted by Crippen LogP contribution is -2.44. The molecule has 3 unspecified atom stereocenters. The molecule has 0 aromatic rings. The third kappa shape index (κ3) is 3.26. The molecule has 1 N–H and O–H groups in total. The van der Waals surface area contributed by atoms with Crippen LogP contribution in [-0.4, -0.2) is 36.7 Å². The van der Waals surface area contributed by atoms with Gasteiger partial charge in [0.25, 0.3) is 0 Å². The highest BCUT2D eigenvalue weighted by Gasteiger charge is 2.51. The van der Waals surface area contributed by atoms with Crippen molar-refractivity contribution in [1.82, 2.24) is 5.32 Å². The Morgan fingerprint density at radius 3 is 2.50 bits per heavy atom. The summed E-state index contributed by atoms with van der Waals surface area (Å²) in [5, 5.41) is 2.94. The van der Waals surface area contributed by atoms with Crippen LogP contribution in [0.4, 0.5) is 4.79 Å². The van der Waals surface area contributed by atoms with Gasteiger partial charge < -0.3 is 19.5 Å². The predicted octanol–water partition coefficient (Wildman–Crippen LogP) is 2.69. The van der Waals surface area contributed by atoms with E-state index in [-0.39, 0.29) is 18.1 Å². The summed E-state index contributed by atoms with van der Waals surface area (Å²) >= 11 is 0. The Kier molecular flexibility index (Phi) is 4.30. The van der Waals surface area contributed by atoms with E-state index in [1.54, 1.807) is 0 Å². The Hall–Kier alpha value is -0.810. The van der Waals surface area contributed by atoms with Crippen LogP contribution < -0.4 is 5.32 Å². The minimum absolute atomic E-state index is 0.0482. The zero-order valence-electron chi connectivity index (χ0n) is 13.2. The van der Waals surface area contributed by atoms with Gasteiger partial charge in [-0.25, -0.2) is 4.79 Å². The van der Waals surface area contributed by atoms with E-state index in [2.05, 4.69) is 12.2 Å². The minimum atomic E-state index is -0.468. The lowest BCUT2D eigenvalue weighted by Gasteiger charge is -2.32. The van der Waals surface area contributed by atoms with E-state index >= 15 is 0 Å². The van der Waals surface area contributed by atoms with Crippen molar-refractivity contribution in [1.29, 1.82) is 0 Å². The lowest BCUT2D eigenvalue weighted by atomic mass is 9.89. The van der Waals surface area contributed by atoms with Gasteiger partial charge in [0.2, 0.25) is 0 Å². The molecule has 0 aromatic carbocycles. The molecule has 0 aromatic heterocycles. The highest BCUT2D eigenvalue weighted by atomic mass is 16.7. The van der Waals surface area contributed by atoms with Crippen molar-refractivity contribution in [2.45, 2.75) is 64.9 Å². The fourth-order valence-corrected chi connectivity index (χ4v) is 3.33. The van der Waals surface area contributed by atoms with E-state index in [1.807, 2.05) is 27.7 Å². The maximum absolute atomic E-state index is 11.8. The number of rotatable bonds is 2. The number of hydrogen-bond acceptors (Lipinski definition) is 4. The van der Waals surface area contributed by atoms with Gasteiger partial charge in [0, 0.05) is 18.4 Å². The van der Waals surface area contributed by atoms with Crippen molar-refractivity contribution < 1.29 is 19.0 Å². The second kappa shape index (κ2) is 5.53. The van der Waals surface area contributed by atoms with E-state index < -0.39 is 11.4 Å². The minimum Gasteiger partial charge on any atom is -0.444 e. The molecule has 5 heteroatoms. The molecule has 20 heavy (non-hydrogen) atoms. The monoisotopic (exact) mass is 285 g/mol. The number of nitrogens with one attached hydrogen (secondary N) is 1. The summed E-state index contributed by atoms with van der Waals surface area (Å²) in [6.45, 7) is 11.1. The van der Waals surface area contributed by atoms with Gasteiger partial charge in [-0.1, -0.05) is 6.92 Å². The largest absolute Gasteiger partial charge is 0.444 e. The Morgan fingerprint density at radius 1 is 1.35 bits per heavy atom. The quantitative estimate of drug-likeness (QED) is 0.847. The molecule has 3 atom stereocenters. The second-order valence-corrected chi connectivity index (χ2v) is 6.93. The van der Waals surface area contributed by atoms with E-state index in [9.17, 15) is 4.79 Å². The normalized spacial score (nSPS) is 30.4. The van der Waals surface area contributed by atoms with E-state index in [0.717, 1.165) is 12.8 Å². The highest BCUT2D eigenvalue weighted by molar-refractivity contribution is 5.68. The van der Waals surface area contributed by atoms with Crippen LogP contribution in [0.15, 0.2) is 0 Å². The van der Waals surface area contributed by atoms with Crippen LogP contribution in [-0.2, 0) is 14.2 Å². The van der Waals surface area contributed by atoms with E-state index in [1.165, 1.54) is 0 Å². The van der Waals surface area contributed by atoms with Crippen LogP contribution in [0.25, 0.3) is 0 Å². The second-order valence-electron chi connectivity index (χ2n) is 6.93. The zero-order valence-corrected chi connectivity index (χ0v) is 13.2. The molecule has 2 rings (SSSR count). The highest BCUT2D eigenvalue weighted by Crippen LogP contribution is 2.46. The molecule has 0 radical (unpaired) electrons. The molecule has 1 aliphatic heterocycles. The molecule has 1 heterocycles. The summed E-state index contributed by atoms with van der Waals surface area (Å²) in [6, 6.07) is 0.0482. The first-order valence-corrected chi connectivity index (χ1v) is 7.51. The summed E-state index contributed by atoms with van der Waals surface area (Å²) < 4.78 is 16.9. The molecule has 1 amide bonds. The summed E-state index contributed by atoms with van der Waals surface area (Å²) in [5.41, 5.74) is -0.468. The summed E-state index contributed by atoms with van der Waals surface area (Å²) in [6.07, 6.45) is 1.54. The third-order valence-corrected chi connectivity index (χ3v) is 4.32. The standard InChI is InChI=1S/C15H27NO4/c1-10-12(6-7-15(10)18-8-9-19-15)11(2)16-13(17)20-14(3,4)5/h10-12H,6-9H2,1-5H3,(H,16,17). The first-order valence-electron chi connectivity index (χ1n) is 7.51. The number of carbonyl (C=O) groups excluding carboxylic acids is 1. The molecule has 1 aliphatic carbocycles. The Bertz CT molecular complexity index is 357. The van der Waals surface area contributed by atoms with Crippen molar-refractivity contribution >= 4 is 6.09 Å². The molecule has 0 bridgehead atoms. The Balaban J connectivity index is 1.90. The molecule has 1 spiro atoms. The Morgan fingerprint density at radius 2 is 1.95 bits per heavy atom. The molecular weight excluding hydrogens is 258 g/mol. The number of ether oxygens (including phenoxy) is 3. The van der Waals surface area contributed by atoms with Crippen molar-refractivity contribution in [3.8, 4) is 0 Å². The molecule has 5 nitrogen and oxygen atoms in total. The number of carbonyl (C=O) groups is 1. The number of hydrogen-bond donors (Lipinski definition) is 1. The molecule has 1 saturated carbocycles. The predicted molar refractivity (Wildman–Crippen MR) is 75.4 cm³/mol. The number of alkyl carbamates (subject to hydrolysis) is 1. The van der Waals surface area contributed by atoms with E-state index in [0.29, 0.717) is 19.1 Å². The smallest absolute Gasteiger partial charge is 0.407 e. The van der Waals surface area contributed by atoms with Crippen molar-refractivity contribution in [2.24, 2.45) is 11.8 Å². The van der Waals surface area contributed by atoms with Crippen LogP contribution in [0.3, 0.4) is 0 Å². The first kappa shape index (κ1) is 15.6. The fraction of sp³-hybridized carbons (Fsp3) is 0.933. The molecule has 116 valence electrons.